The Morgan fingerprint density at radius 3 is 2.61 bits per heavy atom. The molecule has 1 heterocycles. The number of hydrogen-bond acceptors (Lipinski definition) is 6. The van der Waals surface area contributed by atoms with Crippen molar-refractivity contribution in [1.29, 1.82) is 0 Å². The topological polar surface area (TPSA) is 90.4 Å². The summed E-state index contributed by atoms with van der Waals surface area (Å²) in [6, 6.07) is 17.7. The smallest absolute Gasteiger partial charge is 0.263 e. The number of benzene rings is 2. The molecule has 0 aliphatic heterocycles. The average Bonchev–Trinajstić information content (AvgIpc) is 3.00. The molecule has 0 spiro atoms. The zero-order valence-electron chi connectivity index (χ0n) is 12.3. The quantitative estimate of drug-likeness (QED) is 0.413. The first-order valence-electron chi connectivity index (χ1n) is 7.02. The van der Waals surface area contributed by atoms with Gasteiger partial charge in [-0.15, -0.1) is 10.2 Å². The van der Waals surface area contributed by atoms with E-state index < -0.39 is 0 Å². The van der Waals surface area contributed by atoms with E-state index in [1.54, 1.807) is 6.21 Å². The van der Waals surface area contributed by atoms with Crippen LogP contribution in [0.15, 0.2) is 66.0 Å². The van der Waals surface area contributed by atoms with Crippen LogP contribution in [0.25, 0.3) is 0 Å². The van der Waals surface area contributed by atoms with Gasteiger partial charge in [0.25, 0.3) is 5.95 Å². The summed E-state index contributed by atoms with van der Waals surface area (Å²) < 4.78 is 6.98. The predicted molar refractivity (Wildman–Crippen MR) is 88.6 cm³/mol. The fraction of sp³-hybridized carbons (Fsp3) is 0.0625. The summed E-state index contributed by atoms with van der Waals surface area (Å²) in [5.74, 6) is 6.73. The molecule has 0 fully saturated rings. The molecule has 7 nitrogen and oxygen atoms in total. The normalized spacial score (nSPS) is 10.8. The average molecular weight is 308 g/mol. The molecule has 23 heavy (non-hydrogen) atoms. The van der Waals surface area contributed by atoms with Crippen LogP contribution < -0.4 is 16.0 Å². The van der Waals surface area contributed by atoms with Crippen molar-refractivity contribution in [3.8, 4) is 5.75 Å². The Labute approximate surface area is 133 Å². The van der Waals surface area contributed by atoms with Crippen molar-refractivity contribution in [2.24, 2.45) is 5.10 Å². The number of nitrogens with one attached hydrogen (secondary N) is 1. The Morgan fingerprint density at radius 1 is 1.13 bits per heavy atom. The highest BCUT2D eigenvalue weighted by Gasteiger charge is 1.98. The summed E-state index contributed by atoms with van der Waals surface area (Å²) >= 11 is 0. The first-order valence-corrected chi connectivity index (χ1v) is 7.02. The minimum Gasteiger partial charge on any atom is -0.489 e. The van der Waals surface area contributed by atoms with Gasteiger partial charge in [-0.1, -0.05) is 30.3 Å². The summed E-state index contributed by atoms with van der Waals surface area (Å²) in [6.45, 7) is 0.544. The zero-order chi connectivity index (χ0) is 15.9. The number of nitrogen functional groups attached to an aromatic ring is 1. The van der Waals surface area contributed by atoms with E-state index in [4.69, 9.17) is 10.6 Å². The molecular weight excluding hydrogens is 292 g/mol. The van der Waals surface area contributed by atoms with E-state index in [0.717, 1.165) is 16.9 Å². The Kier molecular flexibility index (Phi) is 4.49. The highest BCUT2D eigenvalue weighted by Crippen LogP contribution is 2.13. The molecule has 2 aromatic carbocycles. The van der Waals surface area contributed by atoms with E-state index in [2.05, 4.69) is 20.7 Å². The molecule has 3 N–H and O–H groups in total. The molecule has 0 aliphatic carbocycles. The largest absolute Gasteiger partial charge is 0.489 e. The van der Waals surface area contributed by atoms with Crippen LogP contribution in [-0.2, 0) is 6.61 Å². The van der Waals surface area contributed by atoms with Crippen LogP contribution in [0.2, 0.25) is 0 Å². The van der Waals surface area contributed by atoms with Crippen molar-refractivity contribution >= 4 is 12.2 Å². The van der Waals surface area contributed by atoms with Gasteiger partial charge in [0.05, 0.1) is 6.21 Å². The van der Waals surface area contributed by atoms with Crippen molar-refractivity contribution in [2.75, 3.05) is 11.3 Å². The molecule has 1 aromatic heterocycles. The molecule has 3 rings (SSSR count). The maximum atomic E-state index is 5.73. The summed E-state index contributed by atoms with van der Waals surface area (Å²) in [5, 5.41) is 11.4. The molecule has 3 aromatic rings. The number of anilines is 1. The SMILES string of the molecule is Nn1cnnc1N/N=C\c1ccc(OCc2ccccc2)cc1. The number of hydrogen-bond donors (Lipinski definition) is 2. The number of hydrazone groups is 1. The van der Waals surface area contributed by atoms with Gasteiger partial charge in [0.1, 0.15) is 18.7 Å². The molecule has 116 valence electrons. The highest BCUT2D eigenvalue weighted by molar-refractivity contribution is 5.80. The molecule has 0 radical (unpaired) electrons. The third-order valence-electron chi connectivity index (χ3n) is 3.08. The van der Waals surface area contributed by atoms with Gasteiger partial charge in [0, 0.05) is 0 Å². The number of ether oxygens (including phenoxy) is 1. The van der Waals surface area contributed by atoms with Gasteiger partial charge < -0.3 is 10.6 Å². The van der Waals surface area contributed by atoms with Gasteiger partial charge in [-0.2, -0.15) is 5.10 Å². The van der Waals surface area contributed by atoms with Crippen LogP contribution in [0.5, 0.6) is 5.75 Å². The lowest BCUT2D eigenvalue weighted by molar-refractivity contribution is 0.306. The van der Waals surface area contributed by atoms with Crippen molar-refractivity contribution in [3.05, 3.63) is 72.1 Å². The molecule has 0 bridgehead atoms. The van der Waals surface area contributed by atoms with Crippen LogP contribution in [0.4, 0.5) is 5.95 Å². The van der Waals surface area contributed by atoms with E-state index in [-0.39, 0.29) is 0 Å². The van der Waals surface area contributed by atoms with E-state index in [1.807, 2.05) is 54.6 Å². The number of rotatable bonds is 6. The number of nitrogens with two attached hydrogens (primary N) is 1. The molecule has 7 heteroatoms. The Morgan fingerprint density at radius 2 is 1.91 bits per heavy atom. The van der Waals surface area contributed by atoms with Gasteiger partial charge >= 0.3 is 0 Å². The van der Waals surface area contributed by atoms with Crippen LogP contribution in [0.1, 0.15) is 11.1 Å². The molecule has 0 saturated heterocycles. The van der Waals surface area contributed by atoms with Crippen molar-refractivity contribution < 1.29 is 4.74 Å². The Hall–Kier alpha value is -3.35. The molecule has 0 saturated carbocycles. The third kappa shape index (κ3) is 4.07. The van der Waals surface area contributed by atoms with E-state index in [9.17, 15) is 0 Å². The van der Waals surface area contributed by atoms with E-state index >= 15 is 0 Å². The second kappa shape index (κ2) is 7.08. The Bertz CT molecular complexity index is 767. The van der Waals surface area contributed by atoms with Crippen LogP contribution in [-0.4, -0.2) is 21.1 Å². The zero-order valence-corrected chi connectivity index (χ0v) is 12.3. The molecular formula is C16H16N6O. The second-order valence-corrected chi connectivity index (χ2v) is 4.78. The van der Waals surface area contributed by atoms with Gasteiger partial charge in [-0.25, -0.2) is 10.1 Å². The van der Waals surface area contributed by atoms with Crippen molar-refractivity contribution in [1.82, 2.24) is 14.9 Å². The molecule has 0 aliphatic rings. The molecule has 0 atom stereocenters. The van der Waals surface area contributed by atoms with Gasteiger partial charge in [0.2, 0.25) is 0 Å². The minimum atomic E-state index is 0.365. The van der Waals surface area contributed by atoms with Crippen molar-refractivity contribution in [3.63, 3.8) is 0 Å². The van der Waals surface area contributed by atoms with Crippen LogP contribution >= 0.6 is 0 Å². The fourth-order valence-electron chi connectivity index (χ4n) is 1.88. The predicted octanol–water partition coefficient (Wildman–Crippen LogP) is 2.02. The highest BCUT2D eigenvalue weighted by atomic mass is 16.5. The maximum absolute atomic E-state index is 5.73. The standard InChI is InChI=1S/C16H16N6O/c17-22-12-19-21-16(22)20-18-10-13-6-8-15(9-7-13)23-11-14-4-2-1-3-5-14/h1-10,12H,11,17H2,(H,20,21)/b18-10-. The Balaban J connectivity index is 1.53. The van der Waals surface area contributed by atoms with Crippen LogP contribution in [0, 0.1) is 0 Å². The second-order valence-electron chi connectivity index (χ2n) is 4.78. The third-order valence-corrected chi connectivity index (χ3v) is 3.08. The van der Waals surface area contributed by atoms with E-state index in [0.29, 0.717) is 12.6 Å². The summed E-state index contributed by atoms with van der Waals surface area (Å²) in [6.07, 6.45) is 3.05. The number of nitrogens with zero attached hydrogens (tertiary/aromatic N) is 4. The fourth-order valence-corrected chi connectivity index (χ4v) is 1.88. The van der Waals surface area contributed by atoms with Crippen LogP contribution in [0.3, 0.4) is 0 Å². The maximum Gasteiger partial charge on any atom is 0.263 e. The summed E-state index contributed by atoms with van der Waals surface area (Å²) in [5.41, 5.74) is 4.76. The lowest BCUT2D eigenvalue weighted by Crippen LogP contribution is -2.10. The lowest BCUT2D eigenvalue weighted by atomic mass is 10.2. The molecule has 0 unspecified atom stereocenters. The first-order chi connectivity index (χ1) is 11.3. The van der Waals surface area contributed by atoms with Gasteiger partial charge in [-0.05, 0) is 35.4 Å². The van der Waals surface area contributed by atoms with Gasteiger partial charge in [0.15, 0.2) is 0 Å². The first kappa shape index (κ1) is 14.6. The van der Waals surface area contributed by atoms with E-state index in [1.165, 1.54) is 11.0 Å². The lowest BCUT2D eigenvalue weighted by Gasteiger charge is -2.06. The number of aromatic nitrogens is 3. The van der Waals surface area contributed by atoms with Crippen molar-refractivity contribution in [2.45, 2.75) is 6.61 Å². The minimum absolute atomic E-state index is 0.365. The molecule has 0 amide bonds. The van der Waals surface area contributed by atoms with Gasteiger partial charge in [-0.3, -0.25) is 0 Å². The summed E-state index contributed by atoms with van der Waals surface area (Å²) in [4.78, 5) is 0. The monoisotopic (exact) mass is 308 g/mol. The summed E-state index contributed by atoms with van der Waals surface area (Å²) in [7, 11) is 0.